The number of aliphatic imine (C=N–C) groups is 1. The number of nitrogens with zero attached hydrogens (tertiary/aromatic N) is 1. The van der Waals surface area contributed by atoms with Gasteiger partial charge < -0.3 is 21.8 Å². The summed E-state index contributed by atoms with van der Waals surface area (Å²) in [7, 11) is 0. The van der Waals surface area contributed by atoms with Crippen LogP contribution in [0.25, 0.3) is 0 Å². The quantitative estimate of drug-likeness (QED) is 0.652. The summed E-state index contributed by atoms with van der Waals surface area (Å²) < 4.78 is 38.7. The molecular weight excluding hydrogens is 247 g/mol. The largest absolute Gasteiger partial charge is 0.418 e. The van der Waals surface area contributed by atoms with Crippen molar-refractivity contribution < 1.29 is 13.2 Å². The first-order valence-corrected chi connectivity index (χ1v) is 5.48. The number of anilines is 1. The Morgan fingerprint density at radius 1 is 1.44 bits per heavy atom. The van der Waals surface area contributed by atoms with Crippen LogP contribution in [0.2, 0.25) is 0 Å². The molecule has 5 nitrogen and oxygen atoms in total. The first-order valence-electron chi connectivity index (χ1n) is 5.48. The van der Waals surface area contributed by atoms with E-state index in [0.29, 0.717) is 6.42 Å². The van der Waals surface area contributed by atoms with E-state index in [1.54, 1.807) is 0 Å². The number of hydrogen-bond donors (Lipinski definition) is 4. The predicted molar refractivity (Wildman–Crippen MR) is 61.8 cm³/mol. The molecule has 8 heteroatoms. The molecule has 1 aromatic rings. The number of nitrogens with one attached hydrogen (secondary N) is 2. The second-order valence-electron chi connectivity index (χ2n) is 4.25. The Labute approximate surface area is 101 Å². The molecule has 0 radical (unpaired) electrons. The number of nitrogens with two attached hydrogens (primary N) is 2. The van der Waals surface area contributed by atoms with Crippen molar-refractivity contribution >= 4 is 11.8 Å². The zero-order chi connectivity index (χ0) is 13.6. The number of hydrogen-bond acceptors (Lipinski definition) is 4. The average Bonchev–Trinajstić information content (AvgIpc) is 2.60. The summed E-state index contributed by atoms with van der Waals surface area (Å²) in [6, 6.07) is 0. The highest BCUT2D eigenvalue weighted by Crippen LogP contribution is 2.43. The fourth-order valence-electron chi connectivity index (χ4n) is 2.18. The third kappa shape index (κ3) is 1.92. The molecule has 1 aliphatic rings. The van der Waals surface area contributed by atoms with Crippen molar-refractivity contribution in [2.75, 3.05) is 5.32 Å². The molecule has 0 aliphatic carbocycles. The number of fused-ring (bicyclic) bond motifs is 1. The normalized spacial score (nSPS) is 23.3. The first-order chi connectivity index (χ1) is 8.28. The minimum Gasteiger partial charge on any atom is -0.370 e. The number of guanidine groups is 1. The van der Waals surface area contributed by atoms with E-state index < -0.39 is 17.4 Å². The molecule has 0 saturated heterocycles. The molecule has 2 heterocycles. The van der Waals surface area contributed by atoms with E-state index in [2.05, 4.69) is 15.3 Å². The second kappa shape index (κ2) is 3.91. The van der Waals surface area contributed by atoms with E-state index in [-0.39, 0.29) is 23.8 Å². The van der Waals surface area contributed by atoms with E-state index >= 15 is 0 Å². The maximum Gasteiger partial charge on any atom is 0.418 e. The summed E-state index contributed by atoms with van der Waals surface area (Å²) in [5.41, 5.74) is 9.19. The Morgan fingerprint density at radius 3 is 2.67 bits per heavy atom. The van der Waals surface area contributed by atoms with Gasteiger partial charge in [-0.05, 0) is 6.42 Å². The molecule has 0 aromatic carbocycles. The van der Waals surface area contributed by atoms with Crippen molar-refractivity contribution in [2.24, 2.45) is 16.5 Å². The van der Waals surface area contributed by atoms with Crippen LogP contribution in [-0.2, 0) is 11.8 Å². The Morgan fingerprint density at radius 2 is 2.11 bits per heavy atom. The smallest absolute Gasteiger partial charge is 0.370 e. The summed E-state index contributed by atoms with van der Waals surface area (Å²) in [5, 5.41) is 2.56. The van der Waals surface area contributed by atoms with Crippen LogP contribution in [0, 0.1) is 0 Å². The van der Waals surface area contributed by atoms with Gasteiger partial charge in [-0.2, -0.15) is 13.2 Å². The van der Waals surface area contributed by atoms with Gasteiger partial charge in [0.2, 0.25) is 0 Å². The van der Waals surface area contributed by atoms with Crippen molar-refractivity contribution in [2.45, 2.75) is 31.6 Å². The van der Waals surface area contributed by atoms with Crippen LogP contribution >= 0.6 is 0 Å². The van der Waals surface area contributed by atoms with Gasteiger partial charge in [0.1, 0.15) is 11.5 Å². The van der Waals surface area contributed by atoms with Crippen LogP contribution in [0.15, 0.2) is 11.2 Å². The molecule has 0 spiro atoms. The molecule has 0 saturated carbocycles. The van der Waals surface area contributed by atoms with Gasteiger partial charge in [-0.1, -0.05) is 13.3 Å². The Bertz CT molecular complexity index is 490. The molecule has 1 aromatic heterocycles. The standard InChI is InChI=1S/C10H14F3N5/c1-2-3-9(15)6-5(10(11,12)13)4-16-7(6)17-8(14)18-9/h4,16H,2-3,15H2,1H3,(H3,14,17,18). The van der Waals surface area contributed by atoms with Crippen LogP contribution in [-0.4, -0.2) is 10.9 Å². The second-order valence-corrected chi connectivity index (χ2v) is 4.25. The number of aromatic nitrogens is 1. The van der Waals surface area contributed by atoms with Crippen molar-refractivity contribution in [3.8, 4) is 0 Å². The topological polar surface area (TPSA) is 92.2 Å². The van der Waals surface area contributed by atoms with Crippen LogP contribution in [0.3, 0.4) is 0 Å². The van der Waals surface area contributed by atoms with E-state index in [9.17, 15) is 13.2 Å². The Kier molecular flexibility index (Phi) is 2.77. The summed E-state index contributed by atoms with van der Waals surface area (Å²) in [4.78, 5) is 6.44. The highest BCUT2D eigenvalue weighted by molar-refractivity contribution is 5.95. The minimum absolute atomic E-state index is 0.00836. The SMILES string of the molecule is CCCC1(N)N=C(N)Nc2[nH]cc(C(F)(F)F)c21. The van der Waals surface area contributed by atoms with E-state index in [0.717, 1.165) is 6.20 Å². The van der Waals surface area contributed by atoms with Crippen LogP contribution < -0.4 is 16.8 Å². The van der Waals surface area contributed by atoms with Crippen molar-refractivity contribution in [1.29, 1.82) is 0 Å². The molecule has 1 unspecified atom stereocenters. The highest BCUT2D eigenvalue weighted by atomic mass is 19.4. The van der Waals surface area contributed by atoms with Gasteiger partial charge in [0, 0.05) is 11.8 Å². The van der Waals surface area contributed by atoms with Crippen LogP contribution in [0.4, 0.5) is 19.0 Å². The number of rotatable bonds is 2. The van der Waals surface area contributed by atoms with Crippen LogP contribution in [0.5, 0.6) is 0 Å². The van der Waals surface area contributed by atoms with Crippen molar-refractivity contribution in [3.05, 3.63) is 17.3 Å². The lowest BCUT2D eigenvalue weighted by Gasteiger charge is -2.31. The minimum atomic E-state index is -4.48. The summed E-state index contributed by atoms with van der Waals surface area (Å²) >= 11 is 0. The average molecular weight is 261 g/mol. The Hall–Kier alpha value is -1.70. The maximum atomic E-state index is 12.9. The van der Waals surface area contributed by atoms with E-state index in [4.69, 9.17) is 11.5 Å². The third-order valence-electron chi connectivity index (χ3n) is 2.82. The maximum absolute atomic E-state index is 12.9. The van der Waals surface area contributed by atoms with E-state index in [1.165, 1.54) is 0 Å². The third-order valence-corrected chi connectivity index (χ3v) is 2.82. The molecule has 1 aliphatic heterocycles. The molecule has 18 heavy (non-hydrogen) atoms. The zero-order valence-electron chi connectivity index (χ0n) is 9.73. The van der Waals surface area contributed by atoms with Gasteiger partial charge in [0.25, 0.3) is 0 Å². The van der Waals surface area contributed by atoms with Gasteiger partial charge in [-0.3, -0.25) is 0 Å². The van der Waals surface area contributed by atoms with Gasteiger partial charge in [-0.15, -0.1) is 0 Å². The number of aromatic amines is 1. The van der Waals surface area contributed by atoms with E-state index in [1.807, 2.05) is 6.92 Å². The van der Waals surface area contributed by atoms with Crippen molar-refractivity contribution in [3.63, 3.8) is 0 Å². The van der Waals surface area contributed by atoms with Crippen molar-refractivity contribution in [1.82, 2.24) is 4.98 Å². The fourth-order valence-corrected chi connectivity index (χ4v) is 2.18. The number of alkyl halides is 3. The summed E-state index contributed by atoms with van der Waals surface area (Å²) in [6.07, 6.45) is -2.73. The lowest BCUT2D eigenvalue weighted by molar-refractivity contribution is -0.138. The number of H-pyrrole nitrogens is 1. The van der Waals surface area contributed by atoms with Gasteiger partial charge in [0.15, 0.2) is 5.96 Å². The zero-order valence-corrected chi connectivity index (χ0v) is 9.73. The lowest BCUT2D eigenvalue weighted by Crippen LogP contribution is -2.44. The molecule has 6 N–H and O–H groups in total. The molecule has 100 valence electrons. The summed E-state index contributed by atoms with van der Waals surface area (Å²) in [6.45, 7) is 1.82. The Balaban J connectivity index is 2.59. The first kappa shape index (κ1) is 12.7. The fraction of sp³-hybridized carbons (Fsp3) is 0.500. The predicted octanol–water partition coefficient (Wildman–Crippen LogP) is 1.69. The molecule has 0 fully saturated rings. The van der Waals surface area contributed by atoms with Gasteiger partial charge >= 0.3 is 6.18 Å². The molecule has 0 bridgehead atoms. The van der Waals surface area contributed by atoms with Gasteiger partial charge in [-0.25, -0.2) is 4.99 Å². The number of halogens is 3. The molecular formula is C10H14F3N5. The molecule has 2 rings (SSSR count). The lowest BCUT2D eigenvalue weighted by atomic mass is 9.93. The van der Waals surface area contributed by atoms with Gasteiger partial charge in [0.05, 0.1) is 5.56 Å². The van der Waals surface area contributed by atoms with Crippen LogP contribution in [0.1, 0.15) is 30.9 Å². The molecule has 0 amide bonds. The highest BCUT2D eigenvalue weighted by Gasteiger charge is 2.44. The summed E-state index contributed by atoms with van der Waals surface area (Å²) in [5.74, 6) is 0.166. The molecule has 1 atom stereocenters. The monoisotopic (exact) mass is 261 g/mol.